The van der Waals surface area contributed by atoms with Gasteiger partial charge < -0.3 is 10.1 Å². The van der Waals surface area contributed by atoms with Crippen LogP contribution in [0.15, 0.2) is 113 Å². The molecule has 0 radical (unpaired) electrons. The van der Waals surface area contributed by atoms with Crippen molar-refractivity contribution in [2.24, 2.45) is 0 Å². The summed E-state index contributed by atoms with van der Waals surface area (Å²) in [6, 6.07) is 29.4. The Morgan fingerprint density at radius 3 is 2.36 bits per heavy atom. The minimum Gasteiger partial charge on any atom is -0.457 e. The van der Waals surface area contributed by atoms with Crippen LogP contribution in [0.1, 0.15) is 5.69 Å². The van der Waals surface area contributed by atoms with Crippen LogP contribution < -0.4 is 15.6 Å². The maximum Gasteiger partial charge on any atom is 0.266 e. The third-order valence-electron chi connectivity index (χ3n) is 5.34. The Hall–Kier alpha value is -4.43. The number of para-hydroxylation sites is 2. The number of carbonyl (C=O) groups excluding carboxylic acids is 1. The normalized spacial score (nSPS) is 10.8. The first kappa shape index (κ1) is 23.3. The van der Waals surface area contributed by atoms with Gasteiger partial charge in [-0.2, -0.15) is 0 Å². The van der Waals surface area contributed by atoms with Crippen LogP contribution in [0.5, 0.6) is 11.5 Å². The number of rotatable bonds is 8. The van der Waals surface area contributed by atoms with Gasteiger partial charge in [-0.1, -0.05) is 48.2 Å². The molecular weight excluding hydrogens is 472 g/mol. The van der Waals surface area contributed by atoms with Crippen molar-refractivity contribution in [2.75, 3.05) is 5.75 Å². The number of benzene rings is 3. The molecule has 0 aliphatic rings. The molecule has 0 bridgehead atoms. The van der Waals surface area contributed by atoms with Gasteiger partial charge in [0.2, 0.25) is 5.91 Å². The highest BCUT2D eigenvalue weighted by Gasteiger charge is 2.15. The zero-order valence-electron chi connectivity index (χ0n) is 19.2. The Bertz CT molecular complexity index is 1540. The van der Waals surface area contributed by atoms with Crippen molar-refractivity contribution < 1.29 is 9.53 Å². The molecule has 5 rings (SSSR count). The highest BCUT2D eigenvalue weighted by molar-refractivity contribution is 7.99. The van der Waals surface area contributed by atoms with E-state index in [4.69, 9.17) is 9.72 Å². The van der Waals surface area contributed by atoms with E-state index in [-0.39, 0.29) is 17.2 Å². The number of amides is 1. The minimum absolute atomic E-state index is 0.104. The number of hydrogen-bond acceptors (Lipinski definition) is 6. The van der Waals surface area contributed by atoms with E-state index in [2.05, 4.69) is 10.3 Å². The average Bonchev–Trinajstić information content (AvgIpc) is 2.93. The van der Waals surface area contributed by atoms with Crippen molar-refractivity contribution in [3.63, 3.8) is 0 Å². The van der Waals surface area contributed by atoms with Crippen LogP contribution in [-0.4, -0.2) is 26.2 Å². The zero-order valence-corrected chi connectivity index (χ0v) is 20.0. The first-order valence-electron chi connectivity index (χ1n) is 11.3. The monoisotopic (exact) mass is 494 g/mol. The van der Waals surface area contributed by atoms with Gasteiger partial charge in [-0.05, 0) is 60.7 Å². The molecule has 2 heterocycles. The standard InChI is InChI=1S/C28H22N4O3S/c33-26(30-18-20-8-6-7-17-29-20)19-36-28-31-25-12-5-4-11-24(25)27(34)32(28)21-13-15-23(16-14-21)35-22-9-2-1-3-10-22/h1-17H,18-19H2,(H,30,33). The molecule has 0 unspecified atom stereocenters. The Balaban J connectivity index is 1.39. The van der Waals surface area contributed by atoms with Gasteiger partial charge >= 0.3 is 0 Å². The largest absolute Gasteiger partial charge is 0.457 e. The van der Waals surface area contributed by atoms with Gasteiger partial charge in [0.25, 0.3) is 5.56 Å². The zero-order chi connectivity index (χ0) is 24.7. The van der Waals surface area contributed by atoms with Crippen molar-refractivity contribution in [1.82, 2.24) is 19.9 Å². The molecule has 0 saturated heterocycles. The van der Waals surface area contributed by atoms with Crippen LogP contribution in [0.2, 0.25) is 0 Å². The number of nitrogens with zero attached hydrogens (tertiary/aromatic N) is 3. The second-order valence-electron chi connectivity index (χ2n) is 7.85. The molecule has 0 atom stereocenters. The minimum atomic E-state index is -0.200. The Morgan fingerprint density at radius 1 is 0.861 bits per heavy atom. The molecule has 0 spiro atoms. The van der Waals surface area contributed by atoms with Crippen LogP contribution in [0.25, 0.3) is 16.6 Å². The second-order valence-corrected chi connectivity index (χ2v) is 8.79. The second kappa shape index (κ2) is 10.9. The molecule has 178 valence electrons. The quantitative estimate of drug-likeness (QED) is 0.242. The van der Waals surface area contributed by atoms with Gasteiger partial charge in [-0.3, -0.25) is 19.1 Å². The first-order chi connectivity index (χ1) is 17.7. The Labute approximate surface area is 211 Å². The highest BCUT2D eigenvalue weighted by Crippen LogP contribution is 2.25. The molecule has 1 amide bonds. The first-order valence-corrected chi connectivity index (χ1v) is 12.3. The number of thioether (sulfide) groups is 1. The van der Waals surface area contributed by atoms with Crippen LogP contribution >= 0.6 is 11.8 Å². The van der Waals surface area contributed by atoms with Crippen molar-refractivity contribution in [3.05, 3.63) is 119 Å². The lowest BCUT2D eigenvalue weighted by molar-refractivity contribution is -0.118. The lowest BCUT2D eigenvalue weighted by atomic mass is 10.2. The smallest absolute Gasteiger partial charge is 0.266 e. The van der Waals surface area contributed by atoms with Crippen LogP contribution in [0.4, 0.5) is 0 Å². The van der Waals surface area contributed by atoms with E-state index in [9.17, 15) is 9.59 Å². The number of pyridine rings is 1. The number of hydrogen-bond donors (Lipinski definition) is 1. The van der Waals surface area contributed by atoms with Crippen LogP contribution in [0.3, 0.4) is 0 Å². The number of ether oxygens (including phenoxy) is 1. The molecule has 0 aliphatic heterocycles. The lowest BCUT2D eigenvalue weighted by Gasteiger charge is -2.14. The van der Waals surface area contributed by atoms with Gasteiger partial charge in [-0.25, -0.2) is 4.98 Å². The molecule has 0 fully saturated rings. The van der Waals surface area contributed by atoms with Crippen molar-refractivity contribution in [3.8, 4) is 17.2 Å². The fourth-order valence-corrected chi connectivity index (χ4v) is 4.44. The maximum absolute atomic E-state index is 13.5. The molecule has 7 nitrogen and oxygen atoms in total. The summed E-state index contributed by atoms with van der Waals surface area (Å²) < 4.78 is 7.41. The van der Waals surface area contributed by atoms with Gasteiger partial charge in [0.15, 0.2) is 5.16 Å². The predicted molar refractivity (Wildman–Crippen MR) is 141 cm³/mol. The molecular formula is C28H22N4O3S. The molecule has 36 heavy (non-hydrogen) atoms. The maximum atomic E-state index is 13.5. The van der Waals surface area contributed by atoms with Crippen molar-refractivity contribution >= 4 is 28.6 Å². The lowest BCUT2D eigenvalue weighted by Crippen LogP contribution is -2.26. The summed E-state index contributed by atoms with van der Waals surface area (Å²) in [5, 5.41) is 3.80. The van der Waals surface area contributed by atoms with Crippen LogP contribution in [0, 0.1) is 0 Å². The number of fused-ring (bicyclic) bond motifs is 1. The summed E-state index contributed by atoms with van der Waals surface area (Å²) in [6.07, 6.45) is 1.68. The Morgan fingerprint density at radius 2 is 1.58 bits per heavy atom. The molecule has 5 aromatic rings. The summed E-state index contributed by atoms with van der Waals surface area (Å²) in [6.45, 7) is 0.334. The summed E-state index contributed by atoms with van der Waals surface area (Å²) in [5.74, 6) is 1.30. The molecule has 0 saturated carbocycles. The SMILES string of the molecule is O=C(CSc1nc2ccccc2c(=O)n1-c1ccc(Oc2ccccc2)cc1)NCc1ccccn1. The molecule has 8 heteroatoms. The van der Waals surface area contributed by atoms with E-state index >= 15 is 0 Å². The Kier molecular flexibility index (Phi) is 7.05. The average molecular weight is 495 g/mol. The van der Waals surface area contributed by atoms with E-state index in [1.165, 1.54) is 16.3 Å². The van der Waals surface area contributed by atoms with Crippen LogP contribution in [-0.2, 0) is 11.3 Å². The molecule has 3 aromatic carbocycles. The fraction of sp³-hybridized carbons (Fsp3) is 0.0714. The van der Waals surface area contributed by atoms with E-state index in [1.807, 2.05) is 60.7 Å². The van der Waals surface area contributed by atoms with Gasteiger partial charge in [-0.15, -0.1) is 0 Å². The summed E-state index contributed by atoms with van der Waals surface area (Å²) >= 11 is 1.21. The van der Waals surface area contributed by atoms with Crippen molar-refractivity contribution in [1.29, 1.82) is 0 Å². The predicted octanol–water partition coefficient (Wildman–Crippen LogP) is 4.98. The summed E-state index contributed by atoms with van der Waals surface area (Å²) in [4.78, 5) is 34.9. The van der Waals surface area contributed by atoms with E-state index in [0.29, 0.717) is 34.0 Å². The van der Waals surface area contributed by atoms with Gasteiger partial charge in [0.1, 0.15) is 11.5 Å². The number of carbonyl (C=O) groups is 1. The van der Waals surface area contributed by atoms with Gasteiger partial charge in [0.05, 0.1) is 34.6 Å². The molecule has 0 aliphatic carbocycles. The molecule has 1 N–H and O–H groups in total. The summed E-state index contributed by atoms with van der Waals surface area (Å²) in [7, 11) is 0. The van der Waals surface area contributed by atoms with E-state index < -0.39 is 0 Å². The number of nitrogens with one attached hydrogen (secondary N) is 1. The van der Waals surface area contributed by atoms with Crippen molar-refractivity contribution in [2.45, 2.75) is 11.7 Å². The van der Waals surface area contributed by atoms with Gasteiger partial charge in [0, 0.05) is 6.20 Å². The third kappa shape index (κ3) is 5.45. The molecule has 2 aromatic heterocycles. The highest BCUT2D eigenvalue weighted by atomic mass is 32.2. The fourth-order valence-electron chi connectivity index (χ4n) is 3.60. The van der Waals surface area contributed by atoms with E-state index in [0.717, 1.165) is 11.4 Å². The summed E-state index contributed by atoms with van der Waals surface area (Å²) in [5.41, 5.74) is 1.79. The van der Waals surface area contributed by atoms with E-state index in [1.54, 1.807) is 42.6 Å². The number of aromatic nitrogens is 3. The third-order valence-corrected chi connectivity index (χ3v) is 6.28. The topological polar surface area (TPSA) is 86.1 Å².